The molecule has 5 rings (SSSR count). The molecule has 0 aromatic carbocycles. The van der Waals surface area contributed by atoms with E-state index in [9.17, 15) is 28.3 Å². The van der Waals surface area contributed by atoms with Crippen molar-refractivity contribution < 1.29 is 23.1 Å². The van der Waals surface area contributed by atoms with Gasteiger partial charge in [0.1, 0.15) is 11.2 Å². The van der Waals surface area contributed by atoms with E-state index >= 15 is 0 Å². The zero-order chi connectivity index (χ0) is 25.7. The molecule has 0 unspecified atom stereocenters. The van der Waals surface area contributed by atoms with Gasteiger partial charge in [-0.05, 0) is 37.7 Å². The first kappa shape index (κ1) is 24.1. The van der Waals surface area contributed by atoms with Gasteiger partial charge in [-0.1, -0.05) is 0 Å². The second kappa shape index (κ2) is 8.81. The number of likely N-dealkylation sites (N-methyl/N-ethyl adjacent to an activating group) is 1. The van der Waals surface area contributed by atoms with Crippen molar-refractivity contribution in [3.05, 3.63) is 35.2 Å². The summed E-state index contributed by atoms with van der Waals surface area (Å²) in [5, 5.41) is 23.2. The first-order chi connectivity index (χ1) is 17.1. The molecule has 3 aliphatic rings. The third-order valence-electron chi connectivity index (χ3n) is 7.08. The van der Waals surface area contributed by atoms with Gasteiger partial charge >= 0.3 is 6.18 Å². The number of amides is 1. The summed E-state index contributed by atoms with van der Waals surface area (Å²) in [6.07, 6.45) is 0.378. The maximum atomic E-state index is 13.3. The first-order valence-electron chi connectivity index (χ1n) is 11.8. The number of pyridine rings is 1. The Morgan fingerprint density at radius 2 is 2.08 bits per heavy atom. The van der Waals surface area contributed by atoms with Crippen LogP contribution in [0.4, 0.5) is 13.2 Å². The molecule has 4 heterocycles. The summed E-state index contributed by atoms with van der Waals surface area (Å²) >= 11 is 0. The van der Waals surface area contributed by atoms with E-state index in [-0.39, 0.29) is 23.8 Å². The molecular weight excluding hydrogens is 475 g/mol. The van der Waals surface area contributed by atoms with Gasteiger partial charge in [-0.3, -0.25) is 9.79 Å². The van der Waals surface area contributed by atoms with Crippen molar-refractivity contribution >= 4 is 28.6 Å². The number of likely N-dealkylation sites (tertiary alicyclic amines) is 1. The van der Waals surface area contributed by atoms with Crippen molar-refractivity contribution in [2.24, 2.45) is 10.9 Å². The van der Waals surface area contributed by atoms with Gasteiger partial charge in [0.2, 0.25) is 0 Å². The summed E-state index contributed by atoms with van der Waals surface area (Å²) in [7, 11) is 1.79. The van der Waals surface area contributed by atoms with Gasteiger partial charge in [0.15, 0.2) is 5.96 Å². The monoisotopic (exact) mass is 501 g/mol. The van der Waals surface area contributed by atoms with Gasteiger partial charge in [0.25, 0.3) is 5.91 Å². The number of aromatic amines is 1. The molecule has 190 valence electrons. The predicted octanol–water partition coefficient (Wildman–Crippen LogP) is 2.47. The molecular formula is C24H26F3N7O2. The van der Waals surface area contributed by atoms with E-state index in [1.165, 1.54) is 0 Å². The fraction of sp³-hybridized carbons (Fsp3) is 0.500. The van der Waals surface area contributed by atoms with Crippen LogP contribution in [0.25, 0.3) is 16.7 Å². The standard InChI is InChI=1S/C24H26F3N7O2/c1-33-13-15(9-28)19(18-12-30-20-17(18)8-16(11-29-20)24(25,26)27)32-22(33)31-10-14-2-6-34(7-3-14)21(35)23(36)4-5-23/h8,11-12,14,36H,2-7,10,13H2,1H3,(H,29,30)(H,31,32). The molecule has 1 amide bonds. The van der Waals surface area contributed by atoms with Crippen molar-refractivity contribution in [1.29, 1.82) is 5.26 Å². The fourth-order valence-corrected chi connectivity index (χ4v) is 4.68. The number of hydrogen-bond donors (Lipinski definition) is 3. The number of fused-ring (bicyclic) bond motifs is 1. The lowest BCUT2D eigenvalue weighted by Crippen LogP contribution is -2.46. The zero-order valence-corrected chi connectivity index (χ0v) is 19.7. The Bertz CT molecular complexity index is 1290. The summed E-state index contributed by atoms with van der Waals surface area (Å²) in [5.74, 6) is 0.591. The number of aliphatic imine (C=N–C) groups is 1. The van der Waals surface area contributed by atoms with E-state index in [1.54, 1.807) is 23.0 Å². The summed E-state index contributed by atoms with van der Waals surface area (Å²) in [6.45, 7) is 1.91. The van der Waals surface area contributed by atoms with Crippen molar-refractivity contribution in [2.75, 3.05) is 33.2 Å². The number of H-pyrrole nitrogens is 1. The normalized spacial score (nSPS) is 21.6. The molecule has 2 aromatic heterocycles. The summed E-state index contributed by atoms with van der Waals surface area (Å²) in [6, 6.07) is 3.17. The second-order valence-electron chi connectivity index (χ2n) is 9.70. The van der Waals surface area contributed by atoms with Crippen molar-refractivity contribution in [2.45, 2.75) is 37.5 Å². The number of rotatable bonds is 4. The van der Waals surface area contributed by atoms with Crippen LogP contribution in [0.15, 0.2) is 29.0 Å². The zero-order valence-electron chi connectivity index (χ0n) is 19.7. The first-order valence-corrected chi connectivity index (χ1v) is 11.8. The number of nitrogens with zero attached hydrogens (tertiary/aromatic N) is 5. The van der Waals surface area contributed by atoms with Crippen LogP contribution in [0.3, 0.4) is 0 Å². The van der Waals surface area contributed by atoms with E-state index in [0.29, 0.717) is 60.9 Å². The number of carbonyl (C=O) groups is 1. The number of guanidine groups is 1. The number of nitrogens with one attached hydrogen (secondary N) is 2. The highest BCUT2D eigenvalue weighted by molar-refractivity contribution is 5.99. The number of nitriles is 1. The van der Waals surface area contributed by atoms with Crippen molar-refractivity contribution in [1.82, 2.24) is 25.1 Å². The molecule has 12 heteroatoms. The van der Waals surface area contributed by atoms with Crippen LogP contribution in [-0.4, -0.2) is 75.6 Å². The number of carbonyl (C=O) groups excluding carboxylic acids is 1. The number of alkyl halides is 3. The maximum Gasteiger partial charge on any atom is 0.417 e. The predicted molar refractivity (Wildman–Crippen MR) is 125 cm³/mol. The van der Waals surface area contributed by atoms with Crippen LogP contribution in [-0.2, 0) is 11.0 Å². The average Bonchev–Trinajstić information content (AvgIpc) is 3.47. The number of aliphatic hydroxyl groups is 1. The number of piperidine rings is 1. The van der Waals surface area contributed by atoms with E-state index < -0.39 is 17.3 Å². The smallest absolute Gasteiger partial charge is 0.380 e. The lowest BCUT2D eigenvalue weighted by atomic mass is 9.96. The van der Waals surface area contributed by atoms with Gasteiger partial charge in [-0.2, -0.15) is 18.4 Å². The Hall–Kier alpha value is -3.59. The van der Waals surface area contributed by atoms with Gasteiger partial charge in [-0.25, -0.2) is 4.98 Å². The Labute approximate surface area is 205 Å². The number of hydrogen-bond acceptors (Lipinski definition) is 5. The summed E-state index contributed by atoms with van der Waals surface area (Å²) in [5.41, 5.74) is -0.526. The molecule has 0 atom stereocenters. The Morgan fingerprint density at radius 1 is 1.36 bits per heavy atom. The van der Waals surface area contributed by atoms with Crippen LogP contribution < -0.4 is 5.32 Å². The van der Waals surface area contributed by atoms with Crippen LogP contribution in [0.1, 0.15) is 36.8 Å². The summed E-state index contributed by atoms with van der Waals surface area (Å²) in [4.78, 5) is 27.3. The third kappa shape index (κ3) is 4.51. The largest absolute Gasteiger partial charge is 0.417 e. The fourth-order valence-electron chi connectivity index (χ4n) is 4.68. The molecule has 9 nitrogen and oxygen atoms in total. The maximum absolute atomic E-state index is 13.3. The number of aromatic nitrogens is 2. The molecule has 0 spiro atoms. The minimum absolute atomic E-state index is 0.179. The molecule has 1 saturated carbocycles. The van der Waals surface area contributed by atoms with Gasteiger partial charge in [0, 0.05) is 50.0 Å². The second-order valence-corrected chi connectivity index (χ2v) is 9.70. The molecule has 3 N–H and O–H groups in total. The lowest BCUT2D eigenvalue weighted by Gasteiger charge is -2.33. The van der Waals surface area contributed by atoms with Crippen LogP contribution in [0, 0.1) is 17.2 Å². The minimum Gasteiger partial charge on any atom is -0.380 e. The molecule has 36 heavy (non-hydrogen) atoms. The molecule has 1 aliphatic carbocycles. The molecule has 2 aromatic rings. The number of halogens is 3. The Morgan fingerprint density at radius 3 is 2.72 bits per heavy atom. The van der Waals surface area contributed by atoms with Crippen molar-refractivity contribution in [3.8, 4) is 6.07 Å². The lowest BCUT2D eigenvalue weighted by molar-refractivity contribution is -0.143. The van der Waals surface area contributed by atoms with Gasteiger partial charge in [-0.15, -0.1) is 0 Å². The highest BCUT2D eigenvalue weighted by Gasteiger charge is 2.50. The van der Waals surface area contributed by atoms with Crippen LogP contribution in [0.5, 0.6) is 0 Å². The van der Waals surface area contributed by atoms with E-state index in [2.05, 4.69) is 21.4 Å². The van der Waals surface area contributed by atoms with Crippen LogP contribution in [0.2, 0.25) is 0 Å². The molecule has 1 saturated heterocycles. The molecule has 0 bridgehead atoms. The van der Waals surface area contributed by atoms with Gasteiger partial charge in [0.05, 0.1) is 29.4 Å². The van der Waals surface area contributed by atoms with E-state index in [1.807, 2.05) is 0 Å². The SMILES string of the molecule is CN1CC(C#N)=C(c2c[nH]c3ncc(C(F)(F)F)cc23)NC1=NCC1CCN(C(=O)C2(O)CC2)CC1. The van der Waals surface area contributed by atoms with Crippen molar-refractivity contribution in [3.63, 3.8) is 0 Å². The van der Waals surface area contributed by atoms with E-state index in [0.717, 1.165) is 25.1 Å². The summed E-state index contributed by atoms with van der Waals surface area (Å²) < 4.78 is 39.8. The Kier molecular flexibility index (Phi) is 5.90. The van der Waals surface area contributed by atoms with Gasteiger partial charge < -0.3 is 25.2 Å². The molecule has 2 fully saturated rings. The third-order valence-corrected chi connectivity index (χ3v) is 7.08. The minimum atomic E-state index is -4.54. The molecule has 0 radical (unpaired) electrons. The quantitative estimate of drug-likeness (QED) is 0.592. The average molecular weight is 502 g/mol. The highest BCUT2D eigenvalue weighted by atomic mass is 19.4. The molecule has 2 aliphatic heterocycles. The Balaban J connectivity index is 1.33. The topological polar surface area (TPSA) is 121 Å². The van der Waals surface area contributed by atoms with E-state index in [4.69, 9.17) is 4.99 Å². The van der Waals surface area contributed by atoms with Crippen LogP contribution >= 0.6 is 0 Å². The highest BCUT2D eigenvalue weighted by Crippen LogP contribution is 2.38.